The zero-order chi connectivity index (χ0) is 27.2. The van der Waals surface area contributed by atoms with Gasteiger partial charge in [-0.2, -0.15) is 5.10 Å². The summed E-state index contributed by atoms with van der Waals surface area (Å²) in [6, 6.07) is 19.1. The molecule has 0 bridgehead atoms. The van der Waals surface area contributed by atoms with Gasteiger partial charge in [0.05, 0.1) is 34.6 Å². The number of hydrogen-bond donors (Lipinski definition) is 0. The van der Waals surface area contributed by atoms with Crippen molar-refractivity contribution in [1.29, 1.82) is 0 Å². The lowest BCUT2D eigenvalue weighted by atomic mass is 10.0. The lowest BCUT2D eigenvalue weighted by Crippen LogP contribution is -2.09. The summed E-state index contributed by atoms with van der Waals surface area (Å²) in [5.74, 6) is 1.62. The standard InChI is InChI=1S/C30H30Cl2N2O3S/c1-19(2)25-17-33-34(29-26(31)9-6-10-27(29)32)28(25)18-37-23-12-11-21(20(3)15-23)13-14-38-24-8-5-7-22(16-24)30(35)36-4/h5-12,15-17,19H,13-14,18H2,1-4H3. The number of halogens is 2. The van der Waals surface area contributed by atoms with E-state index in [0.717, 1.165) is 39.6 Å². The molecular formula is C30H30Cl2N2O3S. The van der Waals surface area contributed by atoms with Crippen LogP contribution in [-0.2, 0) is 17.8 Å². The number of thioether (sulfide) groups is 1. The normalized spacial score (nSPS) is 11.1. The summed E-state index contributed by atoms with van der Waals surface area (Å²) < 4.78 is 12.8. The Balaban J connectivity index is 1.44. The summed E-state index contributed by atoms with van der Waals surface area (Å²) in [5, 5.41) is 5.66. The molecule has 0 fully saturated rings. The number of nitrogens with zero attached hydrogens (tertiary/aromatic N) is 2. The van der Waals surface area contributed by atoms with E-state index in [9.17, 15) is 4.79 Å². The minimum atomic E-state index is -0.322. The van der Waals surface area contributed by atoms with Crippen molar-refractivity contribution in [2.75, 3.05) is 12.9 Å². The third kappa shape index (κ3) is 6.55. The largest absolute Gasteiger partial charge is 0.487 e. The van der Waals surface area contributed by atoms with Crippen LogP contribution >= 0.6 is 35.0 Å². The Labute approximate surface area is 238 Å². The third-order valence-corrected chi connectivity index (χ3v) is 7.86. The van der Waals surface area contributed by atoms with E-state index in [-0.39, 0.29) is 11.9 Å². The van der Waals surface area contributed by atoms with Gasteiger partial charge in [0.25, 0.3) is 0 Å². The van der Waals surface area contributed by atoms with Crippen molar-refractivity contribution in [2.24, 2.45) is 0 Å². The summed E-state index contributed by atoms with van der Waals surface area (Å²) in [7, 11) is 1.39. The highest BCUT2D eigenvalue weighted by Gasteiger charge is 2.19. The number of hydrogen-bond acceptors (Lipinski definition) is 5. The first-order valence-electron chi connectivity index (χ1n) is 12.3. The van der Waals surface area contributed by atoms with Crippen LogP contribution in [0.15, 0.2) is 71.8 Å². The van der Waals surface area contributed by atoms with Crippen LogP contribution in [-0.4, -0.2) is 28.6 Å². The monoisotopic (exact) mass is 568 g/mol. The number of methoxy groups -OCH3 is 1. The van der Waals surface area contributed by atoms with Gasteiger partial charge in [-0.1, -0.05) is 55.2 Å². The highest BCUT2D eigenvalue weighted by molar-refractivity contribution is 7.99. The molecule has 38 heavy (non-hydrogen) atoms. The fraction of sp³-hybridized carbons (Fsp3) is 0.267. The molecule has 0 aliphatic rings. The molecule has 198 valence electrons. The molecule has 0 aliphatic carbocycles. The first kappa shape index (κ1) is 28.1. The molecule has 0 amide bonds. The summed E-state index contributed by atoms with van der Waals surface area (Å²) in [6.07, 6.45) is 2.75. The van der Waals surface area contributed by atoms with E-state index in [1.807, 2.05) is 36.5 Å². The summed E-state index contributed by atoms with van der Waals surface area (Å²) >= 11 is 14.7. The third-order valence-electron chi connectivity index (χ3n) is 6.26. The van der Waals surface area contributed by atoms with Gasteiger partial charge >= 0.3 is 5.97 Å². The number of rotatable bonds is 10. The van der Waals surface area contributed by atoms with E-state index < -0.39 is 0 Å². The molecule has 4 rings (SSSR count). The Morgan fingerprint density at radius 2 is 1.79 bits per heavy atom. The Morgan fingerprint density at radius 1 is 1.05 bits per heavy atom. The van der Waals surface area contributed by atoms with E-state index in [2.05, 4.69) is 38.0 Å². The fourth-order valence-corrected chi connectivity index (χ4v) is 5.70. The number of benzene rings is 3. The number of ether oxygens (including phenoxy) is 2. The lowest BCUT2D eigenvalue weighted by molar-refractivity contribution is 0.0600. The molecule has 0 spiro atoms. The number of carbonyl (C=O) groups is 1. The van der Waals surface area contributed by atoms with Gasteiger partial charge in [0, 0.05) is 10.6 Å². The van der Waals surface area contributed by atoms with Crippen LogP contribution in [0.2, 0.25) is 10.0 Å². The number of aryl methyl sites for hydroxylation is 2. The van der Waals surface area contributed by atoms with Crippen molar-refractivity contribution in [3.05, 3.63) is 105 Å². The van der Waals surface area contributed by atoms with Gasteiger partial charge in [-0.15, -0.1) is 11.8 Å². The van der Waals surface area contributed by atoms with Crippen LogP contribution < -0.4 is 4.74 Å². The molecule has 0 aliphatic heterocycles. The minimum Gasteiger partial charge on any atom is -0.487 e. The second-order valence-corrected chi connectivity index (χ2v) is 11.2. The maximum absolute atomic E-state index is 11.8. The molecule has 0 saturated heterocycles. The van der Waals surface area contributed by atoms with Crippen molar-refractivity contribution < 1.29 is 14.3 Å². The molecule has 5 nitrogen and oxygen atoms in total. The Morgan fingerprint density at radius 3 is 2.47 bits per heavy atom. The number of esters is 1. The van der Waals surface area contributed by atoms with Gasteiger partial charge in [0.15, 0.2) is 0 Å². The minimum absolute atomic E-state index is 0.263. The predicted molar refractivity (Wildman–Crippen MR) is 155 cm³/mol. The number of para-hydroxylation sites is 1. The quantitative estimate of drug-likeness (QED) is 0.142. The molecule has 0 unspecified atom stereocenters. The highest BCUT2D eigenvalue weighted by Crippen LogP contribution is 2.32. The first-order chi connectivity index (χ1) is 18.3. The second-order valence-electron chi connectivity index (χ2n) is 9.18. The highest BCUT2D eigenvalue weighted by atomic mass is 35.5. The van der Waals surface area contributed by atoms with Crippen LogP contribution in [0.1, 0.15) is 52.5 Å². The summed E-state index contributed by atoms with van der Waals surface area (Å²) in [4.78, 5) is 12.8. The molecular weight excluding hydrogens is 539 g/mol. The smallest absolute Gasteiger partial charge is 0.337 e. The zero-order valence-electron chi connectivity index (χ0n) is 21.8. The average molecular weight is 570 g/mol. The molecule has 0 atom stereocenters. The van der Waals surface area contributed by atoms with Crippen molar-refractivity contribution in [2.45, 2.75) is 44.6 Å². The molecule has 8 heteroatoms. The van der Waals surface area contributed by atoms with Gasteiger partial charge in [-0.3, -0.25) is 0 Å². The maximum atomic E-state index is 11.8. The van der Waals surface area contributed by atoms with Crippen LogP contribution in [0.4, 0.5) is 0 Å². The fourth-order valence-electron chi connectivity index (χ4n) is 4.20. The molecule has 0 radical (unpaired) electrons. The maximum Gasteiger partial charge on any atom is 0.337 e. The Bertz CT molecular complexity index is 1410. The van der Waals surface area contributed by atoms with Crippen LogP contribution in [0, 0.1) is 6.92 Å². The van der Waals surface area contributed by atoms with E-state index in [1.165, 1.54) is 12.7 Å². The van der Waals surface area contributed by atoms with Crippen molar-refractivity contribution in [3.63, 3.8) is 0 Å². The van der Waals surface area contributed by atoms with E-state index in [0.29, 0.717) is 27.9 Å². The van der Waals surface area contributed by atoms with Gasteiger partial charge in [0.1, 0.15) is 18.0 Å². The SMILES string of the molecule is COC(=O)c1cccc(SCCc2ccc(OCc3c(C(C)C)cnn3-c3c(Cl)cccc3Cl)cc2C)c1. The van der Waals surface area contributed by atoms with Crippen molar-refractivity contribution in [3.8, 4) is 11.4 Å². The van der Waals surface area contributed by atoms with Gasteiger partial charge in [0.2, 0.25) is 0 Å². The van der Waals surface area contributed by atoms with Gasteiger partial charge in [-0.25, -0.2) is 9.48 Å². The number of aromatic nitrogens is 2. The van der Waals surface area contributed by atoms with Crippen LogP contribution in [0.3, 0.4) is 0 Å². The summed E-state index contributed by atoms with van der Waals surface area (Å²) in [5.41, 5.74) is 5.64. The van der Waals surface area contributed by atoms with Crippen molar-refractivity contribution in [1.82, 2.24) is 9.78 Å². The van der Waals surface area contributed by atoms with Gasteiger partial charge in [-0.05, 0) is 78.4 Å². The van der Waals surface area contributed by atoms with Gasteiger partial charge < -0.3 is 9.47 Å². The lowest BCUT2D eigenvalue weighted by Gasteiger charge is -2.15. The average Bonchev–Trinajstić information content (AvgIpc) is 3.32. The predicted octanol–water partition coefficient (Wildman–Crippen LogP) is 8.31. The van der Waals surface area contributed by atoms with Crippen LogP contribution in [0.25, 0.3) is 5.69 Å². The summed E-state index contributed by atoms with van der Waals surface area (Å²) in [6.45, 7) is 6.68. The van der Waals surface area contributed by atoms with E-state index in [4.69, 9.17) is 32.7 Å². The molecule has 1 aromatic heterocycles. The second kappa shape index (κ2) is 12.7. The van der Waals surface area contributed by atoms with Crippen molar-refractivity contribution >= 4 is 40.9 Å². The molecule has 3 aromatic carbocycles. The number of carbonyl (C=O) groups excluding carboxylic acids is 1. The van der Waals surface area contributed by atoms with E-state index >= 15 is 0 Å². The zero-order valence-corrected chi connectivity index (χ0v) is 24.2. The van der Waals surface area contributed by atoms with E-state index in [1.54, 1.807) is 34.6 Å². The molecule has 0 saturated carbocycles. The molecule has 4 aromatic rings. The Hall–Kier alpha value is -2.93. The Kier molecular flexibility index (Phi) is 9.42. The van der Waals surface area contributed by atoms with Crippen LogP contribution in [0.5, 0.6) is 5.75 Å². The first-order valence-corrected chi connectivity index (χ1v) is 14.1. The topological polar surface area (TPSA) is 53.4 Å². The molecule has 1 heterocycles. The molecule has 0 N–H and O–H groups in total.